The Morgan fingerprint density at radius 2 is 2.00 bits per heavy atom. The first-order valence-corrected chi connectivity index (χ1v) is 10.3. The Hall–Kier alpha value is -0.230. The van der Waals surface area contributed by atoms with Gasteiger partial charge in [-0.25, -0.2) is 0 Å². The number of allylic oxidation sites excluding steroid dienone is 4. The molecule has 3 fully saturated rings. The Labute approximate surface area is 147 Å². The van der Waals surface area contributed by atoms with E-state index >= 15 is 0 Å². The van der Waals surface area contributed by atoms with E-state index in [0.717, 1.165) is 24.2 Å². The molecule has 0 bridgehead atoms. The topological polar surface area (TPSA) is 0 Å². The van der Waals surface area contributed by atoms with Crippen LogP contribution in [0.1, 0.15) is 72.6 Å². The lowest BCUT2D eigenvalue weighted by molar-refractivity contribution is -0.0195. The second kappa shape index (κ2) is 5.13. The third-order valence-corrected chi connectivity index (χ3v) is 9.62. The first-order valence-electron chi connectivity index (χ1n) is 9.93. The van der Waals surface area contributed by atoms with Crippen LogP contribution in [0.2, 0.25) is 0 Å². The van der Waals surface area contributed by atoms with E-state index in [4.69, 9.17) is 11.6 Å². The molecule has 4 aliphatic carbocycles. The monoisotopic (exact) mass is 332 g/mol. The van der Waals surface area contributed by atoms with Gasteiger partial charge in [0.15, 0.2) is 0 Å². The molecule has 0 N–H and O–H groups in total. The summed E-state index contributed by atoms with van der Waals surface area (Å²) in [5, 5.41) is 0. The lowest BCUT2D eigenvalue weighted by Gasteiger charge is -2.61. The molecule has 0 radical (unpaired) electrons. The highest BCUT2D eigenvalue weighted by molar-refractivity contribution is 6.25. The van der Waals surface area contributed by atoms with Gasteiger partial charge in [-0.15, -0.1) is 11.6 Å². The molecule has 0 amide bonds. The van der Waals surface area contributed by atoms with Crippen LogP contribution in [0, 0.1) is 34.5 Å². The quantitative estimate of drug-likeness (QED) is 0.368. The van der Waals surface area contributed by atoms with Crippen molar-refractivity contribution in [3.05, 3.63) is 23.8 Å². The van der Waals surface area contributed by atoms with E-state index in [1.807, 2.05) is 0 Å². The maximum absolute atomic E-state index is 7.57. The van der Waals surface area contributed by atoms with Crippen molar-refractivity contribution in [1.82, 2.24) is 0 Å². The van der Waals surface area contributed by atoms with Crippen LogP contribution in [0.15, 0.2) is 23.8 Å². The molecule has 4 rings (SSSR count). The van der Waals surface area contributed by atoms with Crippen molar-refractivity contribution in [2.24, 2.45) is 34.5 Å². The van der Waals surface area contributed by atoms with Crippen LogP contribution in [0.3, 0.4) is 0 Å². The van der Waals surface area contributed by atoms with E-state index < -0.39 is 0 Å². The van der Waals surface area contributed by atoms with E-state index in [-0.39, 0.29) is 10.3 Å². The molecule has 0 unspecified atom stereocenters. The van der Waals surface area contributed by atoms with Gasteiger partial charge >= 0.3 is 0 Å². The molecule has 128 valence electrons. The molecule has 3 saturated carbocycles. The van der Waals surface area contributed by atoms with Gasteiger partial charge < -0.3 is 0 Å². The van der Waals surface area contributed by atoms with Gasteiger partial charge in [0.05, 0.1) is 4.87 Å². The van der Waals surface area contributed by atoms with Gasteiger partial charge in [-0.05, 0) is 67.6 Å². The van der Waals surface area contributed by atoms with Crippen molar-refractivity contribution in [2.75, 3.05) is 0 Å². The van der Waals surface area contributed by atoms with E-state index in [2.05, 4.69) is 45.9 Å². The van der Waals surface area contributed by atoms with Crippen LogP contribution in [0.4, 0.5) is 0 Å². The zero-order valence-corrected chi connectivity index (χ0v) is 16.1. The third-order valence-electron chi connectivity index (χ3n) is 8.75. The largest absolute Gasteiger partial charge is 0.118 e. The van der Waals surface area contributed by atoms with E-state index in [9.17, 15) is 0 Å². The Morgan fingerprint density at radius 1 is 1.22 bits per heavy atom. The van der Waals surface area contributed by atoms with Gasteiger partial charge in [-0.3, -0.25) is 0 Å². The molecule has 4 aliphatic rings. The summed E-state index contributed by atoms with van der Waals surface area (Å²) in [5.74, 6) is 3.32. The van der Waals surface area contributed by atoms with Gasteiger partial charge in [0.1, 0.15) is 0 Å². The van der Waals surface area contributed by atoms with E-state index in [0.29, 0.717) is 11.3 Å². The first-order chi connectivity index (χ1) is 10.9. The number of hydrogen-bond donors (Lipinski definition) is 0. The lowest BCUT2D eigenvalue weighted by Crippen LogP contribution is -2.59. The summed E-state index contributed by atoms with van der Waals surface area (Å²) in [6, 6.07) is 0. The highest BCUT2D eigenvalue weighted by Crippen LogP contribution is 2.70. The number of fused-ring (bicyclic) bond motifs is 5. The molecule has 0 saturated heterocycles. The van der Waals surface area contributed by atoms with E-state index in [1.165, 1.54) is 38.5 Å². The predicted octanol–water partition coefficient (Wildman–Crippen LogP) is 6.75. The molecular weight excluding hydrogens is 300 g/mol. The summed E-state index contributed by atoms with van der Waals surface area (Å²) in [6.07, 6.45) is 16.3. The van der Waals surface area contributed by atoms with Gasteiger partial charge in [0.25, 0.3) is 0 Å². The lowest BCUT2D eigenvalue weighted by atomic mass is 9.47. The molecule has 0 aromatic carbocycles. The Balaban J connectivity index is 1.75. The highest BCUT2D eigenvalue weighted by Gasteiger charge is 2.65. The van der Waals surface area contributed by atoms with Crippen molar-refractivity contribution < 1.29 is 0 Å². The Bertz CT molecular complexity index is 560. The molecule has 0 aromatic rings. The van der Waals surface area contributed by atoms with Crippen molar-refractivity contribution >= 4 is 11.6 Å². The summed E-state index contributed by atoms with van der Waals surface area (Å²) in [7, 11) is 0. The molecule has 0 heterocycles. The molecule has 0 aliphatic heterocycles. The normalized spacial score (nSPS) is 54.9. The zero-order chi connectivity index (χ0) is 16.5. The predicted molar refractivity (Wildman–Crippen MR) is 99.6 cm³/mol. The summed E-state index contributed by atoms with van der Waals surface area (Å²) < 4.78 is 0. The number of rotatable bonds is 1. The Morgan fingerprint density at radius 3 is 2.74 bits per heavy atom. The maximum Gasteiger partial charge on any atom is 0.0602 e. The smallest absolute Gasteiger partial charge is 0.0602 e. The molecule has 0 aromatic heterocycles. The molecule has 7 atom stereocenters. The van der Waals surface area contributed by atoms with Crippen molar-refractivity contribution in [3.8, 4) is 0 Å². The summed E-state index contributed by atoms with van der Waals surface area (Å²) in [4.78, 5) is -0.0411. The molecule has 1 heteroatoms. The van der Waals surface area contributed by atoms with Gasteiger partial charge in [-0.1, -0.05) is 57.9 Å². The van der Waals surface area contributed by atoms with Crippen LogP contribution < -0.4 is 0 Å². The number of hydrogen-bond acceptors (Lipinski definition) is 0. The van der Waals surface area contributed by atoms with Gasteiger partial charge in [0.2, 0.25) is 0 Å². The van der Waals surface area contributed by atoms with Crippen LogP contribution >= 0.6 is 11.6 Å². The SMILES string of the molecule is CC[C@H]1[C@H](C)C[C@H]2[C@@H]3CCC4=CCC=C[C@]4(C)[C@@]3(Cl)CC[C@]12C. The fraction of sp³-hybridized carbons (Fsp3) is 0.818. The van der Waals surface area contributed by atoms with Gasteiger partial charge in [0, 0.05) is 5.41 Å². The summed E-state index contributed by atoms with van der Waals surface area (Å²) in [5.41, 5.74) is 2.27. The minimum atomic E-state index is -0.0411. The molecule has 0 nitrogen and oxygen atoms in total. The maximum atomic E-state index is 7.57. The fourth-order valence-electron chi connectivity index (χ4n) is 7.56. The number of halogens is 1. The third kappa shape index (κ3) is 1.91. The first kappa shape index (κ1) is 16.2. The zero-order valence-electron chi connectivity index (χ0n) is 15.4. The summed E-state index contributed by atoms with van der Waals surface area (Å²) >= 11 is 7.57. The Kier molecular flexibility index (Phi) is 3.63. The van der Waals surface area contributed by atoms with Crippen LogP contribution in [0.25, 0.3) is 0 Å². The minimum Gasteiger partial charge on any atom is -0.118 e. The number of alkyl halides is 1. The van der Waals surface area contributed by atoms with Crippen molar-refractivity contribution in [3.63, 3.8) is 0 Å². The second-order valence-corrected chi connectivity index (χ2v) is 10.1. The fourth-order valence-corrected chi connectivity index (χ4v) is 8.10. The molecule has 0 spiro atoms. The molecular formula is C22H33Cl. The standard InChI is InChI=1S/C22H33Cl/c1-5-17-15(2)14-19-18-10-9-16-8-6-7-11-21(16,4)22(18,23)13-12-20(17,19)3/h7-8,11,15,17-19H,5-6,9-10,12-14H2,1-4H3/t15-,17+,18+,19+,20-,21+,22-/m1/s1. The average molecular weight is 333 g/mol. The average Bonchev–Trinajstić information content (AvgIpc) is 2.78. The van der Waals surface area contributed by atoms with Crippen molar-refractivity contribution in [2.45, 2.75) is 77.5 Å². The minimum absolute atomic E-state index is 0.0411. The van der Waals surface area contributed by atoms with Crippen LogP contribution in [-0.2, 0) is 0 Å². The summed E-state index contributed by atoms with van der Waals surface area (Å²) in [6.45, 7) is 9.95. The van der Waals surface area contributed by atoms with Crippen LogP contribution in [0.5, 0.6) is 0 Å². The highest BCUT2D eigenvalue weighted by atomic mass is 35.5. The van der Waals surface area contributed by atoms with Crippen LogP contribution in [-0.4, -0.2) is 4.87 Å². The van der Waals surface area contributed by atoms with Gasteiger partial charge in [-0.2, -0.15) is 0 Å². The second-order valence-electron chi connectivity index (χ2n) is 9.42. The van der Waals surface area contributed by atoms with E-state index in [1.54, 1.807) is 5.57 Å². The molecule has 23 heavy (non-hydrogen) atoms. The van der Waals surface area contributed by atoms with Crippen molar-refractivity contribution in [1.29, 1.82) is 0 Å².